The maximum Gasteiger partial charge on any atom is 0.337 e. The molecule has 0 aliphatic heterocycles. The summed E-state index contributed by atoms with van der Waals surface area (Å²) in [6.07, 6.45) is 0. The zero-order chi connectivity index (χ0) is 13.2. The van der Waals surface area contributed by atoms with Crippen molar-refractivity contribution in [1.82, 2.24) is 0 Å². The molecule has 0 saturated carbocycles. The second kappa shape index (κ2) is 4.97. The Morgan fingerprint density at radius 3 is 2.53 bits per heavy atom. The first-order chi connectivity index (χ1) is 7.78. The molecule has 17 heavy (non-hydrogen) atoms. The summed E-state index contributed by atoms with van der Waals surface area (Å²) in [5, 5.41) is -0.0662. The normalized spacial score (nSPS) is 14.4. The molecule has 1 unspecified atom stereocenters. The maximum absolute atomic E-state index is 12.4. The number of halogens is 3. The van der Waals surface area contributed by atoms with E-state index in [1.54, 1.807) is 0 Å². The molecule has 0 aliphatic carbocycles. The van der Waals surface area contributed by atoms with Gasteiger partial charge in [0.25, 0.3) is 0 Å². The molecule has 0 saturated heterocycles. The van der Waals surface area contributed by atoms with E-state index in [0.29, 0.717) is 0 Å². The molecule has 8 heteroatoms. The van der Waals surface area contributed by atoms with Crippen molar-refractivity contribution in [3.8, 4) is 0 Å². The number of benzene rings is 1. The molecule has 94 valence electrons. The van der Waals surface area contributed by atoms with E-state index in [2.05, 4.69) is 4.74 Å². The lowest BCUT2D eigenvalue weighted by Gasteiger charge is -2.08. The van der Waals surface area contributed by atoms with Gasteiger partial charge in [0.15, 0.2) is 0 Å². The number of nitrogens with one attached hydrogen (secondary N) is 1. The average molecular weight is 284 g/mol. The van der Waals surface area contributed by atoms with Gasteiger partial charge in [0, 0.05) is 5.02 Å². The number of carbonyl (C=O) groups excluding carboxylic acids is 1. The summed E-state index contributed by atoms with van der Waals surface area (Å²) in [6.45, 7) is 0. The Bertz CT molecular complexity index is 545. The Morgan fingerprint density at radius 1 is 1.47 bits per heavy atom. The van der Waals surface area contributed by atoms with Crippen LogP contribution in [0.2, 0.25) is 5.02 Å². The summed E-state index contributed by atoms with van der Waals surface area (Å²) in [4.78, 5) is 10.7. The van der Waals surface area contributed by atoms with E-state index in [1.807, 2.05) is 0 Å². The molecule has 1 aromatic carbocycles. The van der Waals surface area contributed by atoms with Crippen molar-refractivity contribution >= 4 is 27.3 Å². The molecule has 0 radical (unpaired) electrons. The van der Waals surface area contributed by atoms with E-state index in [9.17, 15) is 17.8 Å². The van der Waals surface area contributed by atoms with E-state index in [1.165, 1.54) is 6.07 Å². The smallest absolute Gasteiger partial charge is 0.337 e. The van der Waals surface area contributed by atoms with E-state index >= 15 is 0 Å². The highest BCUT2D eigenvalue weighted by Gasteiger charge is 2.24. The van der Waals surface area contributed by atoms with Gasteiger partial charge in [-0.1, -0.05) is 11.6 Å². The highest BCUT2D eigenvalue weighted by molar-refractivity contribution is 7.92. The molecule has 0 aromatic heterocycles. The van der Waals surface area contributed by atoms with Crippen molar-refractivity contribution in [3.63, 3.8) is 0 Å². The standard InChI is InChI=1S/C9H8ClF2NO3S/c1-16-8(14)5-2-6(10)4-7(3-5)17(13,15)9(11)12/h2-4,9,13H,1H3. The van der Waals surface area contributed by atoms with Gasteiger partial charge in [0.2, 0.25) is 0 Å². The van der Waals surface area contributed by atoms with E-state index in [-0.39, 0.29) is 10.6 Å². The minimum Gasteiger partial charge on any atom is -0.465 e. The largest absolute Gasteiger partial charge is 0.465 e. The average Bonchev–Trinajstić information content (AvgIpc) is 2.26. The maximum atomic E-state index is 12.4. The fourth-order valence-electron chi connectivity index (χ4n) is 1.08. The summed E-state index contributed by atoms with van der Waals surface area (Å²) < 4.78 is 47.7. The second-order valence-corrected chi connectivity index (χ2v) is 5.49. The number of carbonyl (C=O) groups is 1. The molecule has 0 heterocycles. The molecular weight excluding hydrogens is 276 g/mol. The molecule has 0 amide bonds. The minimum atomic E-state index is -4.29. The van der Waals surface area contributed by atoms with Crippen LogP contribution in [0, 0.1) is 4.78 Å². The molecule has 0 spiro atoms. The lowest BCUT2D eigenvalue weighted by Crippen LogP contribution is -2.11. The zero-order valence-electron chi connectivity index (χ0n) is 8.58. The van der Waals surface area contributed by atoms with Crippen LogP contribution in [-0.4, -0.2) is 23.0 Å². The summed E-state index contributed by atoms with van der Waals surface area (Å²) in [5.74, 6) is -4.16. The molecule has 0 fully saturated rings. The van der Waals surface area contributed by atoms with E-state index < -0.39 is 26.4 Å². The van der Waals surface area contributed by atoms with Gasteiger partial charge in [-0.3, -0.25) is 0 Å². The number of methoxy groups -OCH3 is 1. The molecule has 1 aromatic rings. The molecule has 4 nitrogen and oxygen atoms in total. The SMILES string of the molecule is COC(=O)c1cc(Cl)cc(S(=N)(=O)C(F)F)c1. The third-order valence-electron chi connectivity index (χ3n) is 1.89. The van der Waals surface area contributed by atoms with Crippen LogP contribution in [-0.2, 0) is 14.5 Å². The molecule has 1 atom stereocenters. The quantitative estimate of drug-likeness (QED) is 0.867. The van der Waals surface area contributed by atoms with Crippen LogP contribution in [0.15, 0.2) is 23.1 Å². The fraction of sp³-hybridized carbons (Fsp3) is 0.222. The summed E-state index contributed by atoms with van der Waals surface area (Å²) in [6, 6.07) is 3.06. The van der Waals surface area contributed by atoms with Crippen molar-refractivity contribution in [2.24, 2.45) is 0 Å². The van der Waals surface area contributed by atoms with Crippen molar-refractivity contribution in [2.45, 2.75) is 10.7 Å². The molecule has 0 aliphatic rings. The van der Waals surface area contributed by atoms with Crippen molar-refractivity contribution in [3.05, 3.63) is 28.8 Å². The predicted molar refractivity (Wildman–Crippen MR) is 57.9 cm³/mol. The van der Waals surface area contributed by atoms with Crippen molar-refractivity contribution in [2.75, 3.05) is 7.11 Å². The topological polar surface area (TPSA) is 67.2 Å². The third-order valence-corrected chi connectivity index (χ3v) is 3.55. The minimum absolute atomic E-state index is 0.0662. The van der Waals surface area contributed by atoms with Gasteiger partial charge in [-0.2, -0.15) is 8.78 Å². The van der Waals surface area contributed by atoms with Crippen LogP contribution in [0.5, 0.6) is 0 Å². The van der Waals surface area contributed by atoms with Gasteiger partial charge in [-0.15, -0.1) is 0 Å². The van der Waals surface area contributed by atoms with Crippen molar-refractivity contribution in [1.29, 1.82) is 4.78 Å². The van der Waals surface area contributed by atoms with Crippen LogP contribution in [0.3, 0.4) is 0 Å². The fourth-order valence-corrected chi connectivity index (χ4v) is 2.19. The monoisotopic (exact) mass is 283 g/mol. The summed E-state index contributed by atoms with van der Waals surface area (Å²) in [7, 11) is -3.18. The van der Waals surface area contributed by atoms with E-state index in [0.717, 1.165) is 19.2 Å². The summed E-state index contributed by atoms with van der Waals surface area (Å²) >= 11 is 5.60. The Morgan fingerprint density at radius 2 is 2.06 bits per heavy atom. The molecule has 1 rings (SSSR count). The Labute approximate surface area is 102 Å². The lowest BCUT2D eigenvalue weighted by molar-refractivity contribution is 0.0600. The number of rotatable bonds is 3. The number of alkyl halides is 2. The van der Waals surface area contributed by atoms with Crippen LogP contribution < -0.4 is 0 Å². The lowest BCUT2D eigenvalue weighted by atomic mass is 10.2. The Hall–Kier alpha value is -1.21. The van der Waals surface area contributed by atoms with Gasteiger partial charge >= 0.3 is 11.7 Å². The first-order valence-corrected chi connectivity index (χ1v) is 6.23. The van der Waals surface area contributed by atoms with E-state index in [4.69, 9.17) is 16.4 Å². The van der Waals surface area contributed by atoms with Crippen LogP contribution in [0.25, 0.3) is 0 Å². The number of hydrogen-bond acceptors (Lipinski definition) is 4. The van der Waals surface area contributed by atoms with Crippen molar-refractivity contribution < 1.29 is 22.5 Å². The molecule has 1 N–H and O–H groups in total. The van der Waals surface area contributed by atoms with Gasteiger partial charge in [-0.25, -0.2) is 13.8 Å². The first kappa shape index (κ1) is 13.9. The van der Waals surface area contributed by atoms with Gasteiger partial charge in [0.1, 0.15) is 9.73 Å². The van der Waals surface area contributed by atoms with Crippen LogP contribution in [0.1, 0.15) is 10.4 Å². The Kier molecular flexibility index (Phi) is 4.05. The first-order valence-electron chi connectivity index (χ1n) is 4.23. The van der Waals surface area contributed by atoms with Crippen LogP contribution >= 0.6 is 11.6 Å². The third kappa shape index (κ3) is 2.92. The van der Waals surface area contributed by atoms with Crippen LogP contribution in [0.4, 0.5) is 8.78 Å². The van der Waals surface area contributed by atoms with Gasteiger partial charge < -0.3 is 4.74 Å². The highest BCUT2D eigenvalue weighted by Crippen LogP contribution is 2.24. The number of ether oxygens (including phenoxy) is 1. The summed E-state index contributed by atoms with van der Waals surface area (Å²) in [5.41, 5.74) is -0.129. The second-order valence-electron chi connectivity index (χ2n) is 3.03. The molecule has 0 bridgehead atoms. The predicted octanol–water partition coefficient (Wildman–Crippen LogP) is 2.75. The zero-order valence-corrected chi connectivity index (χ0v) is 10.1. The highest BCUT2D eigenvalue weighted by atomic mass is 35.5. The number of esters is 1. The van der Waals surface area contributed by atoms with Gasteiger partial charge in [-0.05, 0) is 18.2 Å². The Balaban J connectivity index is 3.38. The number of hydrogen-bond donors (Lipinski definition) is 1. The van der Waals surface area contributed by atoms with Gasteiger partial charge in [0.05, 0.1) is 17.6 Å². The molecular formula is C9H8ClF2NO3S.